The van der Waals surface area contributed by atoms with E-state index in [0.717, 1.165) is 0 Å². The first-order chi connectivity index (χ1) is 7.72. The molecule has 0 amide bonds. The number of hydrogen-bond acceptors (Lipinski definition) is 4. The summed E-state index contributed by atoms with van der Waals surface area (Å²) >= 11 is 0. The van der Waals surface area contributed by atoms with Gasteiger partial charge in [-0.05, 0) is 6.42 Å². The van der Waals surface area contributed by atoms with Crippen molar-refractivity contribution in [3.05, 3.63) is 24.8 Å². The molecule has 0 heterocycles. The van der Waals surface area contributed by atoms with Gasteiger partial charge in [0, 0.05) is 5.57 Å². The third-order valence-electron chi connectivity index (χ3n) is 1.78. The summed E-state index contributed by atoms with van der Waals surface area (Å²) in [6.45, 7) is 11.1. The second kappa shape index (κ2) is 10.4. The summed E-state index contributed by atoms with van der Waals surface area (Å²) < 4.78 is 15.2. The number of esters is 1. The SMILES string of the molecule is C=CCOCCOCCOC(=O)C(=C)CC. The zero-order valence-corrected chi connectivity index (χ0v) is 9.87. The Morgan fingerprint density at radius 3 is 2.44 bits per heavy atom. The first-order valence-corrected chi connectivity index (χ1v) is 5.33. The second-order valence-corrected chi connectivity index (χ2v) is 3.07. The molecular weight excluding hydrogens is 208 g/mol. The maximum atomic E-state index is 11.1. The van der Waals surface area contributed by atoms with Gasteiger partial charge in [-0.1, -0.05) is 19.6 Å². The van der Waals surface area contributed by atoms with Gasteiger partial charge in [-0.2, -0.15) is 0 Å². The van der Waals surface area contributed by atoms with Crippen LogP contribution in [-0.2, 0) is 19.0 Å². The predicted molar refractivity (Wildman–Crippen MR) is 62.2 cm³/mol. The van der Waals surface area contributed by atoms with Gasteiger partial charge in [0.25, 0.3) is 0 Å². The summed E-state index contributed by atoms with van der Waals surface area (Å²) in [5.74, 6) is -0.353. The van der Waals surface area contributed by atoms with E-state index in [1.165, 1.54) is 0 Å². The summed E-state index contributed by atoms with van der Waals surface area (Å²) in [6, 6.07) is 0. The number of rotatable bonds is 10. The van der Waals surface area contributed by atoms with Crippen LogP contribution >= 0.6 is 0 Å². The van der Waals surface area contributed by atoms with Gasteiger partial charge < -0.3 is 14.2 Å². The highest BCUT2D eigenvalue weighted by Crippen LogP contribution is 1.98. The van der Waals surface area contributed by atoms with Crippen molar-refractivity contribution in [3.8, 4) is 0 Å². The lowest BCUT2D eigenvalue weighted by Crippen LogP contribution is -2.13. The molecule has 0 bridgehead atoms. The van der Waals surface area contributed by atoms with Crippen LogP contribution in [-0.4, -0.2) is 39.0 Å². The minimum atomic E-state index is -0.353. The van der Waals surface area contributed by atoms with Gasteiger partial charge in [0.2, 0.25) is 0 Å². The fourth-order valence-corrected chi connectivity index (χ4v) is 0.826. The van der Waals surface area contributed by atoms with Gasteiger partial charge in [0.05, 0.1) is 26.4 Å². The van der Waals surface area contributed by atoms with E-state index in [4.69, 9.17) is 14.2 Å². The Kier molecular flexibility index (Phi) is 9.66. The number of carbonyl (C=O) groups excluding carboxylic acids is 1. The molecule has 0 unspecified atom stereocenters. The third kappa shape index (κ3) is 8.20. The fraction of sp³-hybridized carbons (Fsp3) is 0.583. The van der Waals surface area contributed by atoms with Gasteiger partial charge in [-0.3, -0.25) is 0 Å². The average molecular weight is 228 g/mol. The molecule has 0 aliphatic rings. The molecule has 0 radical (unpaired) electrons. The van der Waals surface area contributed by atoms with Gasteiger partial charge in [-0.25, -0.2) is 4.79 Å². The van der Waals surface area contributed by atoms with Crippen LogP contribution in [0.1, 0.15) is 13.3 Å². The molecule has 0 fully saturated rings. The Bertz CT molecular complexity index is 223. The Hall–Kier alpha value is -1.13. The third-order valence-corrected chi connectivity index (χ3v) is 1.78. The van der Waals surface area contributed by atoms with Crippen LogP contribution in [0, 0.1) is 0 Å². The van der Waals surface area contributed by atoms with E-state index in [-0.39, 0.29) is 12.6 Å². The summed E-state index contributed by atoms with van der Waals surface area (Å²) in [6.07, 6.45) is 2.28. The highest BCUT2D eigenvalue weighted by atomic mass is 16.6. The van der Waals surface area contributed by atoms with Crippen LogP contribution in [0.3, 0.4) is 0 Å². The normalized spacial score (nSPS) is 9.81. The van der Waals surface area contributed by atoms with E-state index in [9.17, 15) is 4.79 Å². The highest BCUT2D eigenvalue weighted by Gasteiger charge is 2.04. The van der Waals surface area contributed by atoms with Crippen molar-refractivity contribution < 1.29 is 19.0 Å². The monoisotopic (exact) mass is 228 g/mol. The molecule has 0 aromatic heterocycles. The summed E-state index contributed by atoms with van der Waals surface area (Å²) in [7, 11) is 0. The van der Waals surface area contributed by atoms with Crippen LogP contribution in [0.2, 0.25) is 0 Å². The summed E-state index contributed by atoms with van der Waals surface area (Å²) in [5.41, 5.74) is 0.481. The highest BCUT2D eigenvalue weighted by molar-refractivity contribution is 5.87. The Morgan fingerprint density at radius 1 is 1.19 bits per heavy atom. The molecule has 0 aromatic carbocycles. The molecule has 0 atom stereocenters. The fourth-order valence-electron chi connectivity index (χ4n) is 0.826. The lowest BCUT2D eigenvalue weighted by Gasteiger charge is -2.06. The summed E-state index contributed by atoms with van der Waals surface area (Å²) in [4.78, 5) is 11.1. The molecule has 4 nitrogen and oxygen atoms in total. The molecule has 0 spiro atoms. The first-order valence-electron chi connectivity index (χ1n) is 5.33. The average Bonchev–Trinajstić information content (AvgIpc) is 2.31. The molecule has 0 aromatic rings. The molecule has 16 heavy (non-hydrogen) atoms. The Morgan fingerprint density at radius 2 is 1.81 bits per heavy atom. The Balaban J connectivity index is 3.24. The van der Waals surface area contributed by atoms with Gasteiger partial charge in [0.15, 0.2) is 0 Å². The van der Waals surface area contributed by atoms with Crippen molar-refractivity contribution in [2.24, 2.45) is 0 Å². The minimum Gasteiger partial charge on any atom is -0.460 e. The molecule has 92 valence electrons. The Labute approximate surface area is 96.9 Å². The van der Waals surface area contributed by atoms with Crippen molar-refractivity contribution in [2.75, 3.05) is 33.0 Å². The quantitative estimate of drug-likeness (QED) is 0.247. The van der Waals surface area contributed by atoms with Crippen LogP contribution in [0.5, 0.6) is 0 Å². The smallest absolute Gasteiger partial charge is 0.333 e. The van der Waals surface area contributed by atoms with E-state index >= 15 is 0 Å². The van der Waals surface area contributed by atoms with Crippen LogP contribution in [0.15, 0.2) is 24.8 Å². The van der Waals surface area contributed by atoms with E-state index in [0.29, 0.717) is 38.4 Å². The van der Waals surface area contributed by atoms with Crippen molar-refractivity contribution >= 4 is 5.97 Å². The van der Waals surface area contributed by atoms with Crippen LogP contribution < -0.4 is 0 Å². The molecular formula is C12H20O4. The van der Waals surface area contributed by atoms with Crippen molar-refractivity contribution in [3.63, 3.8) is 0 Å². The number of ether oxygens (including phenoxy) is 3. The van der Waals surface area contributed by atoms with Crippen molar-refractivity contribution in [1.82, 2.24) is 0 Å². The van der Waals surface area contributed by atoms with Gasteiger partial charge in [0.1, 0.15) is 6.61 Å². The topological polar surface area (TPSA) is 44.8 Å². The van der Waals surface area contributed by atoms with Crippen molar-refractivity contribution in [1.29, 1.82) is 0 Å². The molecule has 0 N–H and O–H groups in total. The largest absolute Gasteiger partial charge is 0.460 e. The molecule has 0 rings (SSSR count). The predicted octanol–water partition coefficient (Wildman–Crippen LogP) is 1.71. The lowest BCUT2D eigenvalue weighted by atomic mass is 10.2. The first kappa shape index (κ1) is 14.9. The van der Waals surface area contributed by atoms with Crippen LogP contribution in [0.25, 0.3) is 0 Å². The second-order valence-electron chi connectivity index (χ2n) is 3.07. The molecule has 4 heteroatoms. The maximum Gasteiger partial charge on any atom is 0.333 e. The molecule has 0 aliphatic heterocycles. The van der Waals surface area contributed by atoms with Gasteiger partial charge in [-0.15, -0.1) is 6.58 Å². The van der Waals surface area contributed by atoms with E-state index in [1.54, 1.807) is 6.08 Å². The zero-order chi connectivity index (χ0) is 12.2. The zero-order valence-electron chi connectivity index (χ0n) is 9.87. The van der Waals surface area contributed by atoms with Crippen molar-refractivity contribution in [2.45, 2.75) is 13.3 Å². The molecule has 0 saturated heterocycles. The number of carbonyl (C=O) groups is 1. The van der Waals surface area contributed by atoms with E-state index in [1.807, 2.05) is 6.92 Å². The lowest BCUT2D eigenvalue weighted by molar-refractivity contribution is -0.140. The number of hydrogen-bond donors (Lipinski definition) is 0. The van der Waals surface area contributed by atoms with E-state index in [2.05, 4.69) is 13.2 Å². The molecule has 0 saturated carbocycles. The van der Waals surface area contributed by atoms with Gasteiger partial charge >= 0.3 is 5.97 Å². The standard InChI is InChI=1S/C12H20O4/c1-4-6-14-7-8-15-9-10-16-12(13)11(3)5-2/h4H,1,3,5-10H2,2H3. The summed E-state index contributed by atoms with van der Waals surface area (Å²) in [5, 5.41) is 0. The maximum absolute atomic E-state index is 11.1. The minimum absolute atomic E-state index is 0.249. The van der Waals surface area contributed by atoms with Crippen LogP contribution in [0.4, 0.5) is 0 Å². The molecule has 0 aliphatic carbocycles. The van der Waals surface area contributed by atoms with E-state index < -0.39 is 0 Å².